The van der Waals surface area contributed by atoms with Gasteiger partial charge in [0.2, 0.25) is 5.91 Å². The van der Waals surface area contributed by atoms with Crippen LogP contribution in [0.4, 0.5) is 4.79 Å². The Balaban J connectivity index is 1.58. The van der Waals surface area contributed by atoms with E-state index in [0.29, 0.717) is 6.42 Å². The minimum atomic E-state index is -1.09. The highest BCUT2D eigenvalue weighted by Crippen LogP contribution is 2.44. The van der Waals surface area contributed by atoms with Gasteiger partial charge in [-0.3, -0.25) is 4.79 Å². The van der Waals surface area contributed by atoms with E-state index in [1.807, 2.05) is 43.3 Å². The number of amides is 2. The van der Waals surface area contributed by atoms with Crippen LogP contribution in [0.15, 0.2) is 48.5 Å². The summed E-state index contributed by atoms with van der Waals surface area (Å²) in [4.78, 5) is 36.3. The zero-order chi connectivity index (χ0) is 24.5. The van der Waals surface area contributed by atoms with Gasteiger partial charge in [-0.1, -0.05) is 68.3 Å². The normalized spacial score (nSPS) is 13.9. The monoisotopic (exact) mass is 468 g/mol. The van der Waals surface area contributed by atoms with Gasteiger partial charge in [0.05, 0.1) is 0 Å². The first-order chi connectivity index (χ1) is 16.5. The van der Waals surface area contributed by atoms with Crippen LogP contribution in [0.2, 0.25) is 0 Å². The van der Waals surface area contributed by atoms with Gasteiger partial charge in [0, 0.05) is 26.0 Å². The number of carboxylic acid groups (broad SMARTS) is 1. The molecular formula is C26H32N2O6. The van der Waals surface area contributed by atoms with Crippen molar-refractivity contribution in [2.45, 2.75) is 50.7 Å². The lowest BCUT2D eigenvalue weighted by Gasteiger charge is -2.20. The lowest BCUT2D eigenvalue weighted by Crippen LogP contribution is -2.47. The van der Waals surface area contributed by atoms with Crippen LogP contribution in [-0.4, -0.2) is 55.5 Å². The highest BCUT2D eigenvalue weighted by molar-refractivity contribution is 5.85. The standard InChI is InChI=1S/C26H32N2O6/c1-3-4-13-22(24(29)27-15-14-23(33-2)25(30)31)28-26(32)34-16-21-19-11-7-5-9-17(19)18-10-6-8-12-20(18)21/h5-12,21-23H,3-4,13-16H2,1-2H3,(H,27,29)(H,28,32)(H,30,31). The van der Waals surface area contributed by atoms with Gasteiger partial charge >= 0.3 is 12.1 Å². The van der Waals surface area contributed by atoms with E-state index < -0.39 is 24.2 Å². The predicted octanol–water partition coefficient (Wildman–Crippen LogP) is 3.69. The first-order valence-electron chi connectivity index (χ1n) is 11.6. The van der Waals surface area contributed by atoms with Gasteiger partial charge in [0.25, 0.3) is 0 Å². The Morgan fingerprint density at radius 3 is 2.18 bits per heavy atom. The van der Waals surface area contributed by atoms with E-state index in [-0.39, 0.29) is 31.4 Å². The molecule has 2 aromatic rings. The van der Waals surface area contributed by atoms with E-state index in [1.54, 1.807) is 0 Å². The molecule has 8 nitrogen and oxygen atoms in total. The van der Waals surface area contributed by atoms with Gasteiger partial charge in [0.15, 0.2) is 6.10 Å². The molecule has 0 aliphatic heterocycles. The van der Waals surface area contributed by atoms with E-state index in [9.17, 15) is 14.4 Å². The quantitative estimate of drug-likeness (QED) is 0.438. The topological polar surface area (TPSA) is 114 Å². The largest absolute Gasteiger partial charge is 0.479 e. The van der Waals surface area contributed by atoms with Crippen LogP contribution in [-0.2, 0) is 19.1 Å². The molecule has 3 N–H and O–H groups in total. The number of fused-ring (bicyclic) bond motifs is 3. The maximum absolute atomic E-state index is 12.6. The number of benzene rings is 2. The van der Waals surface area contributed by atoms with Crippen molar-refractivity contribution in [2.24, 2.45) is 0 Å². The van der Waals surface area contributed by atoms with Gasteiger partial charge in [-0.05, 0) is 28.7 Å². The number of alkyl carbamates (subject to hydrolysis) is 1. The number of methoxy groups -OCH3 is 1. The molecule has 0 saturated heterocycles. The Kier molecular flexibility index (Phi) is 9.04. The minimum absolute atomic E-state index is 0.0666. The van der Waals surface area contributed by atoms with Gasteiger partial charge in [-0.25, -0.2) is 9.59 Å². The number of hydrogen-bond acceptors (Lipinski definition) is 5. The summed E-state index contributed by atoms with van der Waals surface area (Å²) >= 11 is 0. The molecule has 1 aliphatic rings. The van der Waals surface area contributed by atoms with Crippen molar-refractivity contribution in [3.05, 3.63) is 59.7 Å². The van der Waals surface area contributed by atoms with Crippen molar-refractivity contribution in [1.82, 2.24) is 10.6 Å². The first kappa shape index (κ1) is 25.2. The molecule has 2 aromatic carbocycles. The second-order valence-electron chi connectivity index (χ2n) is 8.31. The predicted molar refractivity (Wildman–Crippen MR) is 128 cm³/mol. The van der Waals surface area contributed by atoms with Crippen molar-refractivity contribution in [1.29, 1.82) is 0 Å². The molecule has 2 unspecified atom stereocenters. The molecule has 8 heteroatoms. The molecule has 1 aliphatic carbocycles. The number of rotatable bonds is 12. The van der Waals surface area contributed by atoms with Crippen molar-refractivity contribution in [3.63, 3.8) is 0 Å². The Morgan fingerprint density at radius 1 is 1.00 bits per heavy atom. The number of aliphatic carboxylic acids is 1. The van der Waals surface area contributed by atoms with Crippen molar-refractivity contribution >= 4 is 18.0 Å². The van der Waals surface area contributed by atoms with Crippen LogP contribution in [0.3, 0.4) is 0 Å². The van der Waals surface area contributed by atoms with E-state index in [0.717, 1.165) is 35.1 Å². The molecule has 0 radical (unpaired) electrons. The van der Waals surface area contributed by atoms with Gasteiger partial charge < -0.3 is 25.2 Å². The molecule has 0 saturated carbocycles. The van der Waals surface area contributed by atoms with Crippen molar-refractivity contribution in [3.8, 4) is 11.1 Å². The fourth-order valence-corrected chi connectivity index (χ4v) is 4.25. The Labute approximate surface area is 199 Å². The Bertz CT molecular complexity index is 963. The molecule has 3 rings (SSSR count). The van der Waals surface area contributed by atoms with Crippen LogP contribution < -0.4 is 10.6 Å². The molecule has 2 amide bonds. The summed E-state index contributed by atoms with van der Waals surface area (Å²) < 4.78 is 10.4. The highest BCUT2D eigenvalue weighted by atomic mass is 16.5. The fourth-order valence-electron chi connectivity index (χ4n) is 4.25. The van der Waals surface area contributed by atoms with Gasteiger partial charge in [-0.2, -0.15) is 0 Å². The number of hydrogen-bond donors (Lipinski definition) is 3. The summed E-state index contributed by atoms with van der Waals surface area (Å²) in [5.41, 5.74) is 4.51. The maximum Gasteiger partial charge on any atom is 0.407 e. The molecule has 0 spiro atoms. The zero-order valence-corrected chi connectivity index (χ0v) is 19.6. The zero-order valence-electron chi connectivity index (χ0n) is 19.6. The fraction of sp³-hybridized carbons (Fsp3) is 0.423. The van der Waals surface area contributed by atoms with E-state index in [2.05, 4.69) is 22.8 Å². The van der Waals surface area contributed by atoms with E-state index in [1.165, 1.54) is 7.11 Å². The molecule has 2 atom stereocenters. The van der Waals surface area contributed by atoms with E-state index >= 15 is 0 Å². The summed E-state index contributed by atoms with van der Waals surface area (Å²) in [5.74, 6) is -1.53. The lowest BCUT2D eigenvalue weighted by atomic mass is 9.98. The third kappa shape index (κ3) is 6.14. The van der Waals surface area contributed by atoms with Crippen LogP contribution in [0.25, 0.3) is 11.1 Å². The summed E-state index contributed by atoms with van der Waals surface area (Å²) in [7, 11) is 1.31. The minimum Gasteiger partial charge on any atom is -0.479 e. The first-order valence-corrected chi connectivity index (χ1v) is 11.6. The van der Waals surface area contributed by atoms with Crippen LogP contribution in [0, 0.1) is 0 Å². The number of carboxylic acids is 1. The van der Waals surface area contributed by atoms with Gasteiger partial charge in [-0.15, -0.1) is 0 Å². The molecule has 182 valence electrons. The second kappa shape index (κ2) is 12.2. The molecule has 34 heavy (non-hydrogen) atoms. The second-order valence-corrected chi connectivity index (χ2v) is 8.31. The Morgan fingerprint density at radius 2 is 1.62 bits per heavy atom. The maximum atomic E-state index is 12.6. The number of nitrogens with one attached hydrogen (secondary N) is 2. The van der Waals surface area contributed by atoms with Crippen LogP contribution >= 0.6 is 0 Å². The summed E-state index contributed by atoms with van der Waals surface area (Å²) in [6.45, 7) is 2.28. The lowest BCUT2D eigenvalue weighted by molar-refractivity contribution is -0.149. The summed E-state index contributed by atoms with van der Waals surface area (Å²) in [6, 6.07) is 15.4. The molecular weight excluding hydrogens is 436 g/mol. The summed E-state index contributed by atoms with van der Waals surface area (Å²) in [6.07, 6.45) is 0.545. The number of carbonyl (C=O) groups is 3. The average Bonchev–Trinajstić information content (AvgIpc) is 3.16. The molecule has 0 fully saturated rings. The SMILES string of the molecule is CCCCC(NC(=O)OCC1c2ccccc2-c2ccccc21)C(=O)NCCC(OC)C(=O)O. The van der Waals surface area contributed by atoms with Crippen molar-refractivity contribution < 1.29 is 29.0 Å². The third-order valence-electron chi connectivity index (χ3n) is 6.06. The average molecular weight is 469 g/mol. The van der Waals surface area contributed by atoms with E-state index in [4.69, 9.17) is 14.6 Å². The summed E-state index contributed by atoms with van der Waals surface area (Å²) in [5, 5.41) is 14.4. The number of carbonyl (C=O) groups excluding carboxylic acids is 2. The highest BCUT2D eigenvalue weighted by Gasteiger charge is 2.29. The smallest absolute Gasteiger partial charge is 0.407 e. The third-order valence-corrected chi connectivity index (χ3v) is 6.06. The van der Waals surface area contributed by atoms with Crippen LogP contribution in [0.1, 0.15) is 49.7 Å². The molecule has 0 heterocycles. The number of ether oxygens (including phenoxy) is 2. The van der Waals surface area contributed by atoms with Gasteiger partial charge in [0.1, 0.15) is 12.6 Å². The molecule has 0 bridgehead atoms. The van der Waals surface area contributed by atoms with Crippen LogP contribution in [0.5, 0.6) is 0 Å². The number of unbranched alkanes of at least 4 members (excludes halogenated alkanes) is 1. The van der Waals surface area contributed by atoms with Crippen molar-refractivity contribution in [2.75, 3.05) is 20.3 Å². The Hall–Kier alpha value is -3.39. The molecule has 0 aromatic heterocycles.